The van der Waals surface area contributed by atoms with Crippen LogP contribution >= 0.6 is 0 Å². The van der Waals surface area contributed by atoms with E-state index in [1.165, 1.54) is 6.33 Å². The molecule has 16 heavy (non-hydrogen) atoms. The number of rotatable bonds is 2. The molecular weight excluding hydrogens is 204 g/mol. The number of carbonyl (C=O) groups is 1. The minimum absolute atomic E-state index is 0.265. The van der Waals surface area contributed by atoms with Gasteiger partial charge in [-0.25, -0.2) is 14.8 Å². The van der Waals surface area contributed by atoms with E-state index in [1.807, 2.05) is 13.0 Å². The highest BCUT2D eigenvalue weighted by atomic mass is 16.4. The number of carboxylic acids is 1. The quantitative estimate of drug-likeness (QED) is 0.831. The van der Waals surface area contributed by atoms with Crippen LogP contribution in [-0.2, 0) is 0 Å². The zero-order valence-electron chi connectivity index (χ0n) is 8.71. The van der Waals surface area contributed by atoms with Crippen molar-refractivity contribution >= 4 is 5.97 Å². The molecule has 0 aliphatic rings. The predicted octanol–water partition coefficient (Wildman–Crippen LogP) is 2.15. The molecule has 2 rings (SSSR count). The smallest absolute Gasteiger partial charge is 0.335 e. The van der Waals surface area contributed by atoms with Gasteiger partial charge < -0.3 is 5.11 Å². The van der Waals surface area contributed by atoms with E-state index in [1.54, 1.807) is 24.4 Å². The molecule has 0 fully saturated rings. The van der Waals surface area contributed by atoms with Crippen LogP contribution in [-0.4, -0.2) is 21.0 Å². The molecule has 4 nitrogen and oxygen atoms in total. The van der Waals surface area contributed by atoms with E-state index in [-0.39, 0.29) is 5.56 Å². The molecule has 0 unspecified atom stereocenters. The second-order valence-electron chi connectivity index (χ2n) is 3.41. The van der Waals surface area contributed by atoms with E-state index < -0.39 is 5.97 Å². The fraction of sp³-hybridized carbons (Fsp3) is 0.0833. The van der Waals surface area contributed by atoms with E-state index in [2.05, 4.69) is 9.97 Å². The molecule has 0 saturated carbocycles. The maximum absolute atomic E-state index is 10.8. The van der Waals surface area contributed by atoms with Gasteiger partial charge >= 0.3 is 5.97 Å². The van der Waals surface area contributed by atoms with Crippen molar-refractivity contribution in [3.8, 4) is 11.1 Å². The number of aromatic nitrogens is 2. The van der Waals surface area contributed by atoms with Crippen LogP contribution in [0.2, 0.25) is 0 Å². The van der Waals surface area contributed by atoms with Crippen molar-refractivity contribution in [1.29, 1.82) is 0 Å². The number of benzene rings is 1. The highest BCUT2D eigenvalue weighted by Gasteiger charge is 2.06. The van der Waals surface area contributed by atoms with Gasteiger partial charge in [0.2, 0.25) is 0 Å². The Morgan fingerprint density at radius 3 is 2.88 bits per heavy atom. The van der Waals surface area contributed by atoms with Crippen molar-refractivity contribution in [3.63, 3.8) is 0 Å². The Hall–Kier alpha value is -2.23. The van der Waals surface area contributed by atoms with E-state index >= 15 is 0 Å². The summed E-state index contributed by atoms with van der Waals surface area (Å²) in [6, 6.07) is 6.74. The monoisotopic (exact) mass is 214 g/mol. The third kappa shape index (κ3) is 1.91. The molecule has 0 saturated heterocycles. The fourth-order valence-electron chi connectivity index (χ4n) is 1.49. The van der Waals surface area contributed by atoms with Crippen molar-refractivity contribution in [2.45, 2.75) is 6.92 Å². The zero-order valence-corrected chi connectivity index (χ0v) is 8.71. The Balaban J connectivity index is 2.53. The molecule has 4 heteroatoms. The molecule has 1 N–H and O–H groups in total. The largest absolute Gasteiger partial charge is 0.478 e. The SMILES string of the molecule is Cc1ncncc1-c1cccc(C(=O)O)c1. The molecule has 0 bridgehead atoms. The van der Waals surface area contributed by atoms with Gasteiger partial charge in [0, 0.05) is 17.5 Å². The summed E-state index contributed by atoms with van der Waals surface area (Å²) >= 11 is 0. The first-order valence-corrected chi connectivity index (χ1v) is 4.79. The maximum atomic E-state index is 10.8. The minimum Gasteiger partial charge on any atom is -0.478 e. The number of aryl methyl sites for hydroxylation is 1. The third-order valence-electron chi connectivity index (χ3n) is 2.33. The first kappa shape index (κ1) is 10.3. The van der Waals surface area contributed by atoms with Gasteiger partial charge in [0.25, 0.3) is 0 Å². The summed E-state index contributed by atoms with van der Waals surface area (Å²) in [5.41, 5.74) is 2.77. The summed E-state index contributed by atoms with van der Waals surface area (Å²) in [7, 11) is 0. The van der Waals surface area contributed by atoms with Crippen molar-refractivity contribution < 1.29 is 9.90 Å². The molecule has 0 atom stereocenters. The normalized spacial score (nSPS) is 10.1. The Morgan fingerprint density at radius 1 is 1.38 bits per heavy atom. The third-order valence-corrected chi connectivity index (χ3v) is 2.33. The second kappa shape index (κ2) is 4.10. The van der Waals surface area contributed by atoms with E-state index in [0.717, 1.165) is 16.8 Å². The maximum Gasteiger partial charge on any atom is 0.335 e. The molecule has 0 aliphatic heterocycles. The fourth-order valence-corrected chi connectivity index (χ4v) is 1.49. The van der Waals surface area contributed by atoms with Crippen molar-refractivity contribution in [3.05, 3.63) is 48.0 Å². The van der Waals surface area contributed by atoms with E-state index in [9.17, 15) is 4.79 Å². The van der Waals surface area contributed by atoms with Crippen LogP contribution < -0.4 is 0 Å². The average Bonchev–Trinajstić information content (AvgIpc) is 2.30. The van der Waals surface area contributed by atoms with Gasteiger partial charge in [0.1, 0.15) is 6.33 Å². The summed E-state index contributed by atoms with van der Waals surface area (Å²) in [4.78, 5) is 18.8. The van der Waals surface area contributed by atoms with Crippen LogP contribution in [0.4, 0.5) is 0 Å². The number of hydrogen-bond acceptors (Lipinski definition) is 3. The van der Waals surface area contributed by atoms with Crippen LogP contribution in [0.5, 0.6) is 0 Å². The van der Waals surface area contributed by atoms with Crippen LogP contribution in [0.1, 0.15) is 16.1 Å². The van der Waals surface area contributed by atoms with Crippen LogP contribution in [0, 0.1) is 6.92 Å². The molecule has 1 aromatic carbocycles. The van der Waals surface area contributed by atoms with Gasteiger partial charge in [-0.3, -0.25) is 0 Å². The molecule has 0 radical (unpaired) electrons. The highest BCUT2D eigenvalue weighted by Crippen LogP contribution is 2.21. The lowest BCUT2D eigenvalue weighted by Crippen LogP contribution is -1.96. The predicted molar refractivity (Wildman–Crippen MR) is 59.2 cm³/mol. The van der Waals surface area contributed by atoms with Crippen LogP contribution in [0.15, 0.2) is 36.8 Å². The zero-order chi connectivity index (χ0) is 11.5. The van der Waals surface area contributed by atoms with Crippen molar-refractivity contribution in [2.24, 2.45) is 0 Å². The summed E-state index contributed by atoms with van der Waals surface area (Å²) in [5, 5.41) is 8.89. The van der Waals surface area contributed by atoms with Gasteiger partial charge in [0.15, 0.2) is 0 Å². The van der Waals surface area contributed by atoms with Gasteiger partial charge in [-0.15, -0.1) is 0 Å². The lowest BCUT2D eigenvalue weighted by atomic mass is 10.0. The van der Waals surface area contributed by atoms with Gasteiger partial charge in [-0.05, 0) is 24.6 Å². The van der Waals surface area contributed by atoms with Crippen molar-refractivity contribution in [2.75, 3.05) is 0 Å². The first-order chi connectivity index (χ1) is 7.68. The number of carboxylic acid groups (broad SMARTS) is 1. The Morgan fingerprint density at radius 2 is 2.19 bits per heavy atom. The molecule has 1 heterocycles. The number of aromatic carboxylic acids is 1. The molecule has 80 valence electrons. The number of hydrogen-bond donors (Lipinski definition) is 1. The number of nitrogens with zero attached hydrogens (tertiary/aromatic N) is 2. The molecule has 0 spiro atoms. The second-order valence-corrected chi connectivity index (χ2v) is 3.41. The van der Waals surface area contributed by atoms with Gasteiger partial charge in [0.05, 0.1) is 5.56 Å². The summed E-state index contributed by atoms with van der Waals surface area (Å²) in [6.45, 7) is 1.87. The average molecular weight is 214 g/mol. The van der Waals surface area contributed by atoms with Crippen LogP contribution in [0.3, 0.4) is 0 Å². The molecular formula is C12H10N2O2. The highest BCUT2D eigenvalue weighted by molar-refractivity contribution is 5.89. The lowest BCUT2D eigenvalue weighted by Gasteiger charge is -2.04. The molecule has 0 amide bonds. The lowest BCUT2D eigenvalue weighted by molar-refractivity contribution is 0.0697. The first-order valence-electron chi connectivity index (χ1n) is 4.79. The van der Waals surface area contributed by atoms with Gasteiger partial charge in [-0.2, -0.15) is 0 Å². The Kier molecular flexibility index (Phi) is 2.64. The molecule has 0 aliphatic carbocycles. The molecule has 2 aromatic rings. The Labute approximate surface area is 92.6 Å². The molecule has 1 aromatic heterocycles. The summed E-state index contributed by atoms with van der Waals surface area (Å²) in [5.74, 6) is -0.934. The van der Waals surface area contributed by atoms with Crippen LogP contribution in [0.25, 0.3) is 11.1 Å². The van der Waals surface area contributed by atoms with E-state index in [4.69, 9.17) is 5.11 Å². The topological polar surface area (TPSA) is 63.1 Å². The minimum atomic E-state index is -0.934. The van der Waals surface area contributed by atoms with Gasteiger partial charge in [-0.1, -0.05) is 12.1 Å². The van der Waals surface area contributed by atoms with Crippen molar-refractivity contribution in [1.82, 2.24) is 9.97 Å². The van der Waals surface area contributed by atoms with E-state index in [0.29, 0.717) is 0 Å². The summed E-state index contributed by atoms with van der Waals surface area (Å²) < 4.78 is 0. The Bertz CT molecular complexity index is 538. The standard InChI is InChI=1S/C12H10N2O2/c1-8-11(6-13-7-14-8)9-3-2-4-10(5-9)12(15)16/h2-7H,1H3,(H,15,16). The summed E-state index contributed by atoms with van der Waals surface area (Å²) in [6.07, 6.45) is 3.16.